The smallest absolute Gasteiger partial charge is 0.243 e. The van der Waals surface area contributed by atoms with Gasteiger partial charge in [0.25, 0.3) is 0 Å². The molecule has 10 heteroatoms. The molecule has 170 valence electrons. The first kappa shape index (κ1) is 23.1. The van der Waals surface area contributed by atoms with E-state index in [0.29, 0.717) is 25.5 Å². The number of anilines is 2. The van der Waals surface area contributed by atoms with Crippen LogP contribution in [0.2, 0.25) is 0 Å². The van der Waals surface area contributed by atoms with Crippen LogP contribution < -0.4 is 20.9 Å². The highest BCUT2D eigenvalue weighted by Crippen LogP contribution is 2.22. The minimum atomic E-state index is -1.65. The summed E-state index contributed by atoms with van der Waals surface area (Å²) in [4.78, 5) is 30.1. The van der Waals surface area contributed by atoms with Gasteiger partial charge in [0.1, 0.15) is 0 Å². The molecular formula is C22H24F3N5O2. The van der Waals surface area contributed by atoms with Crippen molar-refractivity contribution in [2.45, 2.75) is 26.3 Å². The summed E-state index contributed by atoms with van der Waals surface area (Å²) in [5.41, 5.74) is 1.31. The number of hydrogen-bond acceptors (Lipinski definition) is 3. The summed E-state index contributed by atoms with van der Waals surface area (Å²) in [5.74, 6) is -4.62. The lowest BCUT2D eigenvalue weighted by atomic mass is 10.2. The van der Waals surface area contributed by atoms with Crippen LogP contribution in [0.3, 0.4) is 0 Å². The second kappa shape index (κ2) is 10.7. The first-order valence-electron chi connectivity index (χ1n) is 10.2. The van der Waals surface area contributed by atoms with Crippen molar-refractivity contribution < 1.29 is 22.8 Å². The van der Waals surface area contributed by atoms with Crippen LogP contribution in [0.5, 0.6) is 0 Å². The summed E-state index contributed by atoms with van der Waals surface area (Å²) in [7, 11) is 0. The van der Waals surface area contributed by atoms with Crippen molar-refractivity contribution in [2.75, 3.05) is 29.9 Å². The zero-order valence-electron chi connectivity index (χ0n) is 17.6. The lowest BCUT2D eigenvalue weighted by Crippen LogP contribution is -2.41. The average Bonchev–Trinajstić information content (AvgIpc) is 3.22. The first-order valence-corrected chi connectivity index (χ1v) is 10.2. The van der Waals surface area contributed by atoms with Crippen LogP contribution in [-0.2, 0) is 16.1 Å². The van der Waals surface area contributed by atoms with E-state index in [1.54, 1.807) is 4.90 Å². The van der Waals surface area contributed by atoms with Crippen LogP contribution in [0, 0.1) is 17.5 Å². The van der Waals surface area contributed by atoms with Gasteiger partial charge in [0.2, 0.25) is 11.8 Å². The second-order valence-electron chi connectivity index (χ2n) is 7.14. The summed E-state index contributed by atoms with van der Waals surface area (Å²) < 4.78 is 40.0. The molecule has 1 saturated heterocycles. The first-order chi connectivity index (χ1) is 15.4. The van der Waals surface area contributed by atoms with Gasteiger partial charge in [0.05, 0.1) is 18.8 Å². The molecule has 32 heavy (non-hydrogen) atoms. The number of carbonyl (C=O) groups is 2. The Morgan fingerprint density at radius 3 is 2.47 bits per heavy atom. The highest BCUT2D eigenvalue weighted by Gasteiger charge is 2.21. The van der Waals surface area contributed by atoms with Gasteiger partial charge in [-0.25, -0.2) is 18.2 Å². The molecule has 2 aromatic carbocycles. The van der Waals surface area contributed by atoms with Crippen molar-refractivity contribution in [2.24, 2.45) is 4.99 Å². The van der Waals surface area contributed by atoms with Gasteiger partial charge in [0.15, 0.2) is 23.4 Å². The van der Waals surface area contributed by atoms with Crippen molar-refractivity contribution >= 4 is 29.1 Å². The van der Waals surface area contributed by atoms with Gasteiger partial charge in [-0.15, -0.1) is 0 Å². The van der Waals surface area contributed by atoms with E-state index >= 15 is 0 Å². The fraction of sp³-hybridized carbons (Fsp3) is 0.318. The summed E-state index contributed by atoms with van der Waals surface area (Å²) in [6.07, 6.45) is 1.43. The van der Waals surface area contributed by atoms with E-state index in [-0.39, 0.29) is 12.5 Å². The standard InChI is InChI=1S/C22H24F3N5O2/c1-2-26-22(28-13-18(31)29-17-10-9-16(23)20(24)21(17)25)27-12-14-5-7-15(8-6-14)30-11-3-4-19(30)32/h5-10H,2-4,11-13H2,1H3,(H,29,31)(H2,26,27,28). The van der Waals surface area contributed by atoms with E-state index in [1.807, 2.05) is 31.2 Å². The molecule has 2 aromatic rings. The van der Waals surface area contributed by atoms with Crippen molar-refractivity contribution in [1.82, 2.24) is 10.6 Å². The number of nitrogens with zero attached hydrogens (tertiary/aromatic N) is 2. The molecule has 0 saturated carbocycles. The van der Waals surface area contributed by atoms with Gasteiger partial charge in [-0.3, -0.25) is 9.59 Å². The lowest BCUT2D eigenvalue weighted by molar-refractivity contribution is -0.117. The number of rotatable bonds is 7. The average molecular weight is 447 g/mol. The normalized spacial score (nSPS) is 13.9. The monoisotopic (exact) mass is 447 g/mol. The molecule has 0 spiro atoms. The molecule has 0 bridgehead atoms. The fourth-order valence-electron chi connectivity index (χ4n) is 3.20. The Hall–Kier alpha value is -3.56. The van der Waals surface area contributed by atoms with Crippen LogP contribution in [0.4, 0.5) is 24.5 Å². The largest absolute Gasteiger partial charge is 0.357 e. The zero-order chi connectivity index (χ0) is 23.1. The third-order valence-electron chi connectivity index (χ3n) is 4.81. The number of nitrogens with one attached hydrogen (secondary N) is 3. The fourth-order valence-corrected chi connectivity index (χ4v) is 3.20. The van der Waals surface area contributed by atoms with E-state index in [4.69, 9.17) is 0 Å². The van der Waals surface area contributed by atoms with Gasteiger partial charge in [-0.2, -0.15) is 0 Å². The number of benzene rings is 2. The summed E-state index contributed by atoms with van der Waals surface area (Å²) in [6.45, 7) is 3.18. The Labute approximate surface area is 183 Å². The molecular weight excluding hydrogens is 423 g/mol. The van der Waals surface area contributed by atoms with Crippen LogP contribution in [0.25, 0.3) is 0 Å². The predicted octanol–water partition coefficient (Wildman–Crippen LogP) is 2.92. The minimum Gasteiger partial charge on any atom is -0.357 e. The van der Waals surface area contributed by atoms with Gasteiger partial charge in [-0.1, -0.05) is 12.1 Å². The molecule has 0 unspecified atom stereocenters. The molecule has 3 N–H and O–H groups in total. The zero-order valence-corrected chi connectivity index (χ0v) is 17.6. The molecule has 0 atom stereocenters. The number of guanidine groups is 1. The van der Waals surface area contributed by atoms with E-state index in [2.05, 4.69) is 20.9 Å². The Morgan fingerprint density at radius 2 is 1.81 bits per heavy atom. The second-order valence-corrected chi connectivity index (χ2v) is 7.14. The third kappa shape index (κ3) is 5.77. The molecule has 1 heterocycles. The molecule has 0 radical (unpaired) electrons. The third-order valence-corrected chi connectivity index (χ3v) is 4.81. The maximum absolute atomic E-state index is 13.7. The van der Waals surface area contributed by atoms with Crippen molar-refractivity contribution in [3.63, 3.8) is 0 Å². The Kier molecular flexibility index (Phi) is 7.69. The van der Waals surface area contributed by atoms with E-state index in [9.17, 15) is 22.8 Å². The molecule has 1 aliphatic heterocycles. The maximum Gasteiger partial charge on any atom is 0.243 e. The van der Waals surface area contributed by atoms with Crippen molar-refractivity contribution in [3.05, 3.63) is 59.4 Å². The molecule has 0 aliphatic carbocycles. The number of carbonyl (C=O) groups excluding carboxylic acids is 2. The van der Waals surface area contributed by atoms with Crippen LogP contribution in [0.1, 0.15) is 25.3 Å². The van der Waals surface area contributed by atoms with Crippen LogP contribution in [0.15, 0.2) is 41.4 Å². The molecule has 2 amide bonds. The van der Waals surface area contributed by atoms with Crippen LogP contribution >= 0.6 is 0 Å². The molecule has 7 nitrogen and oxygen atoms in total. The SMILES string of the molecule is CCNC(=NCc1ccc(N2CCCC2=O)cc1)NCC(=O)Nc1ccc(F)c(F)c1F. The number of amides is 2. The van der Waals surface area contributed by atoms with Gasteiger partial charge in [0, 0.05) is 25.2 Å². The molecule has 1 fully saturated rings. The summed E-state index contributed by atoms with van der Waals surface area (Å²) >= 11 is 0. The topological polar surface area (TPSA) is 85.8 Å². The minimum absolute atomic E-state index is 0.121. The lowest BCUT2D eigenvalue weighted by Gasteiger charge is -2.16. The van der Waals surface area contributed by atoms with Crippen molar-refractivity contribution in [3.8, 4) is 0 Å². The van der Waals surface area contributed by atoms with Crippen molar-refractivity contribution in [1.29, 1.82) is 0 Å². The highest BCUT2D eigenvalue weighted by molar-refractivity contribution is 5.95. The molecule has 1 aliphatic rings. The maximum atomic E-state index is 13.7. The number of hydrogen-bond donors (Lipinski definition) is 3. The Balaban J connectivity index is 1.56. The summed E-state index contributed by atoms with van der Waals surface area (Å²) in [6, 6.07) is 9.19. The number of aliphatic imine (C=N–C) groups is 1. The van der Waals surface area contributed by atoms with Gasteiger partial charge < -0.3 is 20.9 Å². The predicted molar refractivity (Wildman–Crippen MR) is 116 cm³/mol. The number of halogens is 3. The summed E-state index contributed by atoms with van der Waals surface area (Å²) in [5, 5.41) is 7.97. The van der Waals surface area contributed by atoms with E-state index in [1.165, 1.54) is 0 Å². The van der Waals surface area contributed by atoms with Gasteiger partial charge >= 0.3 is 0 Å². The Bertz CT molecular complexity index is 1010. The highest BCUT2D eigenvalue weighted by atomic mass is 19.2. The van der Waals surface area contributed by atoms with E-state index < -0.39 is 29.0 Å². The Morgan fingerprint density at radius 1 is 1.06 bits per heavy atom. The van der Waals surface area contributed by atoms with Crippen LogP contribution in [-0.4, -0.2) is 37.4 Å². The van der Waals surface area contributed by atoms with Gasteiger partial charge in [-0.05, 0) is 43.2 Å². The van der Waals surface area contributed by atoms with E-state index in [0.717, 1.165) is 36.3 Å². The molecule has 3 rings (SSSR count). The molecule has 0 aromatic heterocycles. The quantitative estimate of drug-likeness (QED) is 0.346.